The Morgan fingerprint density at radius 3 is 2.06 bits per heavy atom. The molecule has 36 heavy (non-hydrogen) atoms. The number of benzene rings is 1. The number of nitrogens with one attached hydrogen (secondary N) is 2. The van der Waals surface area contributed by atoms with E-state index in [1.165, 1.54) is 0 Å². The molecule has 0 aliphatic rings. The molecule has 1 aromatic carbocycles. The van der Waals surface area contributed by atoms with E-state index in [1.54, 1.807) is 0 Å². The number of nitrogens with two attached hydrogens (primary N) is 1. The van der Waals surface area contributed by atoms with Crippen LogP contribution in [0.4, 0.5) is 4.79 Å². The van der Waals surface area contributed by atoms with Crippen LogP contribution in [0.5, 0.6) is 0 Å². The molecule has 0 saturated heterocycles. The first-order valence-corrected chi connectivity index (χ1v) is 12.7. The summed E-state index contributed by atoms with van der Waals surface area (Å²) in [6.07, 6.45) is 1.79. The van der Waals surface area contributed by atoms with Gasteiger partial charge in [-0.2, -0.15) is 0 Å². The van der Waals surface area contributed by atoms with Crippen LogP contribution in [0.25, 0.3) is 0 Å². The Hall–Kier alpha value is -2.94. The van der Waals surface area contributed by atoms with Crippen LogP contribution in [0.1, 0.15) is 58.6 Å². The zero-order valence-electron chi connectivity index (χ0n) is 22.5. The molecule has 0 aromatic heterocycles. The Kier molecular flexibility index (Phi) is 13.2. The Balaban J connectivity index is 2.78. The van der Waals surface area contributed by atoms with Gasteiger partial charge in [-0.3, -0.25) is 19.3 Å². The molecule has 0 heterocycles. The quantitative estimate of drug-likeness (QED) is 0.255. The van der Waals surface area contributed by atoms with Crippen molar-refractivity contribution in [3.05, 3.63) is 35.4 Å². The largest absolute Gasteiger partial charge is 0.480 e. The van der Waals surface area contributed by atoms with E-state index in [-0.39, 0.29) is 35.9 Å². The van der Waals surface area contributed by atoms with Crippen LogP contribution in [-0.2, 0) is 27.2 Å². The fourth-order valence-electron chi connectivity index (χ4n) is 4.01. The number of Topliss-reactive ketones (excluding diaryl/α,β-unsaturated/α-hetero) is 1. The van der Waals surface area contributed by atoms with Gasteiger partial charge < -0.3 is 21.5 Å². The first-order chi connectivity index (χ1) is 16.8. The number of rotatable bonds is 16. The van der Waals surface area contributed by atoms with Gasteiger partial charge in [-0.05, 0) is 49.3 Å². The third kappa shape index (κ3) is 10.8. The second kappa shape index (κ2) is 15.2. The molecular weight excluding hydrogens is 460 g/mol. The topological polar surface area (TPSA) is 142 Å². The maximum Gasteiger partial charge on any atom is 0.321 e. The maximum atomic E-state index is 13.1. The Bertz CT molecular complexity index is 869. The van der Waals surface area contributed by atoms with Crippen molar-refractivity contribution in [1.29, 1.82) is 0 Å². The van der Waals surface area contributed by atoms with Gasteiger partial charge in [-0.1, -0.05) is 58.9 Å². The summed E-state index contributed by atoms with van der Waals surface area (Å²) >= 11 is 0. The molecule has 3 atom stereocenters. The van der Waals surface area contributed by atoms with Gasteiger partial charge in [0.05, 0.1) is 6.04 Å². The number of carboxylic acid groups (broad SMARTS) is 1. The molecule has 0 fully saturated rings. The number of aliphatic carboxylic acids is 1. The molecular formula is C27H44N4O5. The first kappa shape index (κ1) is 31.1. The number of nitrogens with zero attached hydrogens (tertiary/aromatic N) is 1. The van der Waals surface area contributed by atoms with Gasteiger partial charge in [0.25, 0.3) is 0 Å². The van der Waals surface area contributed by atoms with Crippen molar-refractivity contribution >= 4 is 23.7 Å². The van der Waals surface area contributed by atoms with Crippen LogP contribution in [0.15, 0.2) is 24.3 Å². The van der Waals surface area contributed by atoms with Crippen molar-refractivity contribution in [2.75, 3.05) is 20.1 Å². The van der Waals surface area contributed by atoms with Crippen LogP contribution in [-0.4, -0.2) is 65.9 Å². The number of hydrogen-bond acceptors (Lipinski definition) is 5. The number of urea groups is 1. The van der Waals surface area contributed by atoms with E-state index < -0.39 is 24.1 Å². The summed E-state index contributed by atoms with van der Waals surface area (Å²) in [5.41, 5.74) is 7.00. The molecule has 0 radical (unpaired) electrons. The van der Waals surface area contributed by atoms with Gasteiger partial charge in [0.1, 0.15) is 6.04 Å². The van der Waals surface area contributed by atoms with Gasteiger partial charge >= 0.3 is 12.0 Å². The highest BCUT2D eigenvalue weighted by Crippen LogP contribution is 2.14. The number of carbonyl (C=O) groups excluding carboxylic acids is 3. The van der Waals surface area contributed by atoms with Crippen molar-refractivity contribution in [1.82, 2.24) is 15.5 Å². The molecule has 202 valence electrons. The monoisotopic (exact) mass is 504 g/mol. The minimum Gasteiger partial charge on any atom is -0.480 e. The number of primary amides is 1. The lowest BCUT2D eigenvalue weighted by molar-refractivity contribution is -0.144. The number of likely N-dealkylation sites (N-methyl/N-ethyl adjacent to an activating group) is 1. The van der Waals surface area contributed by atoms with Crippen LogP contribution in [0.2, 0.25) is 0 Å². The predicted octanol–water partition coefficient (Wildman–Crippen LogP) is 2.61. The van der Waals surface area contributed by atoms with Crippen molar-refractivity contribution in [2.24, 2.45) is 23.5 Å². The lowest BCUT2D eigenvalue weighted by atomic mass is 9.95. The highest BCUT2D eigenvalue weighted by atomic mass is 16.4. The van der Waals surface area contributed by atoms with E-state index in [1.807, 2.05) is 70.8 Å². The summed E-state index contributed by atoms with van der Waals surface area (Å²) in [6, 6.07) is 5.89. The third-order valence-electron chi connectivity index (χ3n) is 6.60. The van der Waals surface area contributed by atoms with E-state index in [0.29, 0.717) is 32.4 Å². The molecule has 1 aromatic rings. The normalized spacial score (nSPS) is 13.9. The van der Waals surface area contributed by atoms with Crippen molar-refractivity contribution in [3.8, 4) is 0 Å². The third-order valence-corrected chi connectivity index (χ3v) is 6.60. The highest BCUT2D eigenvalue weighted by molar-refractivity contribution is 5.91. The molecule has 5 N–H and O–H groups in total. The highest BCUT2D eigenvalue weighted by Gasteiger charge is 2.26. The van der Waals surface area contributed by atoms with Gasteiger partial charge in [0, 0.05) is 25.4 Å². The van der Waals surface area contributed by atoms with Crippen LogP contribution >= 0.6 is 0 Å². The summed E-state index contributed by atoms with van der Waals surface area (Å²) in [7, 11) is 1.82. The van der Waals surface area contributed by atoms with E-state index >= 15 is 0 Å². The van der Waals surface area contributed by atoms with E-state index in [0.717, 1.165) is 11.1 Å². The fraction of sp³-hybridized carbons (Fsp3) is 0.630. The molecule has 0 aliphatic carbocycles. The van der Waals surface area contributed by atoms with E-state index in [4.69, 9.17) is 5.73 Å². The van der Waals surface area contributed by atoms with Crippen LogP contribution < -0.4 is 16.4 Å². The molecule has 0 unspecified atom stereocenters. The molecule has 1 rings (SSSR count). The average Bonchev–Trinajstić information content (AvgIpc) is 2.79. The molecule has 0 saturated carbocycles. The lowest BCUT2D eigenvalue weighted by Gasteiger charge is -2.27. The first-order valence-electron chi connectivity index (χ1n) is 12.7. The number of hydrogen-bond donors (Lipinski definition) is 4. The van der Waals surface area contributed by atoms with Crippen LogP contribution in [0.3, 0.4) is 0 Å². The average molecular weight is 505 g/mol. The standard InChI is InChI=1S/C27H44N4O5/c1-17(2)19(5)25(33)30-22(8-7-14-29-27(28)36)23(32)16-21-11-9-20(10-12-21)13-15-31(6)24(18(3)4)26(34)35/h9-12,17-19,22,24H,7-8,13-16H2,1-6H3,(H,30,33)(H,34,35)(H3,28,29,36)/t19-,22-,24-/m0/s1. The maximum absolute atomic E-state index is 13.1. The molecule has 0 spiro atoms. The second-order valence-electron chi connectivity index (χ2n) is 10.2. The van der Waals surface area contributed by atoms with Crippen molar-refractivity contribution in [2.45, 2.75) is 72.4 Å². The Morgan fingerprint density at radius 1 is 0.972 bits per heavy atom. The fourth-order valence-corrected chi connectivity index (χ4v) is 4.01. The zero-order chi connectivity index (χ0) is 27.4. The summed E-state index contributed by atoms with van der Waals surface area (Å²) in [5.74, 6) is -1.15. The number of carboxylic acids is 1. The molecule has 9 nitrogen and oxygen atoms in total. The number of carbonyl (C=O) groups is 4. The molecule has 0 aliphatic heterocycles. The molecule has 9 heteroatoms. The van der Waals surface area contributed by atoms with Gasteiger partial charge in [0.15, 0.2) is 5.78 Å². The van der Waals surface area contributed by atoms with E-state index in [2.05, 4.69) is 10.6 Å². The summed E-state index contributed by atoms with van der Waals surface area (Å²) in [4.78, 5) is 50.0. The minimum absolute atomic E-state index is 0.00410. The second-order valence-corrected chi connectivity index (χ2v) is 10.2. The number of amides is 3. The van der Waals surface area contributed by atoms with Crippen LogP contribution in [0, 0.1) is 17.8 Å². The molecule has 3 amide bonds. The predicted molar refractivity (Wildman–Crippen MR) is 141 cm³/mol. The van der Waals surface area contributed by atoms with Gasteiger partial charge in [-0.25, -0.2) is 4.79 Å². The Labute approximate surface area is 215 Å². The molecule has 0 bridgehead atoms. The van der Waals surface area contributed by atoms with Gasteiger partial charge in [0.2, 0.25) is 5.91 Å². The SMILES string of the molecule is CC(C)[C@H](C)C(=O)N[C@@H](CCCNC(N)=O)C(=O)Cc1ccc(CCN(C)[C@H](C(=O)O)C(C)C)cc1. The summed E-state index contributed by atoms with van der Waals surface area (Å²) < 4.78 is 0. The Morgan fingerprint density at radius 2 is 1.56 bits per heavy atom. The lowest BCUT2D eigenvalue weighted by Crippen LogP contribution is -2.45. The summed E-state index contributed by atoms with van der Waals surface area (Å²) in [6.45, 7) is 10.5. The van der Waals surface area contributed by atoms with E-state index in [9.17, 15) is 24.3 Å². The summed E-state index contributed by atoms with van der Waals surface area (Å²) in [5, 5.41) is 14.9. The van der Waals surface area contributed by atoms with Gasteiger partial charge in [-0.15, -0.1) is 0 Å². The van der Waals surface area contributed by atoms with Crippen molar-refractivity contribution in [3.63, 3.8) is 0 Å². The number of ketones is 1. The smallest absolute Gasteiger partial charge is 0.321 e. The zero-order valence-corrected chi connectivity index (χ0v) is 22.5. The van der Waals surface area contributed by atoms with Crippen molar-refractivity contribution < 1.29 is 24.3 Å². The minimum atomic E-state index is -0.823.